The summed E-state index contributed by atoms with van der Waals surface area (Å²) in [5.41, 5.74) is 0.940. The Hall–Kier alpha value is -2.15. The highest BCUT2D eigenvalue weighted by molar-refractivity contribution is 9.10. The third-order valence-corrected chi connectivity index (χ3v) is 5.95. The third-order valence-electron chi connectivity index (χ3n) is 3.91. The molecular weight excluding hydrogens is 502 g/mol. The van der Waals surface area contributed by atoms with Crippen LogP contribution in [0, 0.1) is 11.6 Å². The maximum absolute atomic E-state index is 13.9. The molecule has 0 bridgehead atoms. The van der Waals surface area contributed by atoms with Crippen LogP contribution >= 0.6 is 27.3 Å². The first kappa shape index (κ1) is 22.5. The number of anilines is 2. The second-order valence-corrected chi connectivity index (χ2v) is 8.58. The Morgan fingerprint density at radius 3 is 2.60 bits per heavy atom. The maximum Gasteiger partial charge on any atom is 0.247 e. The lowest BCUT2D eigenvalue weighted by molar-refractivity contribution is 0.165. The fourth-order valence-electron chi connectivity index (χ4n) is 2.61. The molecule has 0 spiro atoms. The predicted octanol–water partition coefficient (Wildman–Crippen LogP) is 4.18. The molecule has 0 aliphatic carbocycles. The summed E-state index contributed by atoms with van der Waals surface area (Å²) >= 11 is 4.35. The molecule has 0 radical (unpaired) electrons. The molecule has 2 heterocycles. The first-order valence-electron chi connectivity index (χ1n) is 8.74. The lowest BCUT2D eigenvalue weighted by Gasteiger charge is -2.13. The summed E-state index contributed by atoms with van der Waals surface area (Å²) in [4.78, 5) is 14.1. The van der Waals surface area contributed by atoms with E-state index in [4.69, 9.17) is 4.84 Å². The molecule has 3 aromatic rings. The molecule has 0 amide bonds. The minimum atomic E-state index is -2.94. The van der Waals surface area contributed by atoms with Crippen LogP contribution in [0.2, 0.25) is 0 Å². The van der Waals surface area contributed by atoms with Crippen molar-refractivity contribution < 1.29 is 22.0 Å². The number of rotatable bonds is 9. The molecule has 7 nitrogen and oxygen atoms in total. The van der Waals surface area contributed by atoms with Crippen molar-refractivity contribution in [2.75, 3.05) is 22.9 Å². The number of halogens is 3. The molecule has 0 saturated carbocycles. The zero-order chi connectivity index (χ0) is 21.7. The van der Waals surface area contributed by atoms with Gasteiger partial charge in [0.05, 0.1) is 22.9 Å². The molecule has 0 fully saturated rings. The molecule has 0 saturated heterocycles. The lowest BCUT2D eigenvalue weighted by Crippen LogP contribution is -2.20. The molecule has 0 aliphatic rings. The van der Waals surface area contributed by atoms with Gasteiger partial charge in [-0.3, -0.25) is 4.84 Å². The van der Waals surface area contributed by atoms with Gasteiger partial charge in [0.25, 0.3) is 0 Å². The third kappa shape index (κ3) is 5.50. The van der Waals surface area contributed by atoms with Crippen LogP contribution in [-0.4, -0.2) is 31.5 Å². The molecule has 0 aliphatic heterocycles. The second kappa shape index (κ2) is 10.2. The van der Waals surface area contributed by atoms with Crippen molar-refractivity contribution in [1.29, 1.82) is 0 Å². The van der Waals surface area contributed by atoms with Crippen LogP contribution in [0.15, 0.2) is 40.4 Å². The van der Waals surface area contributed by atoms with Gasteiger partial charge < -0.3 is 5.32 Å². The molecule has 0 atom stereocenters. The summed E-state index contributed by atoms with van der Waals surface area (Å²) in [5.74, 6) is -0.758. The highest BCUT2D eigenvalue weighted by Crippen LogP contribution is 2.31. The van der Waals surface area contributed by atoms with E-state index in [9.17, 15) is 17.2 Å². The van der Waals surface area contributed by atoms with Crippen LogP contribution in [0.25, 0.3) is 10.6 Å². The van der Waals surface area contributed by atoms with Crippen molar-refractivity contribution in [3.63, 3.8) is 0 Å². The van der Waals surface area contributed by atoms with Gasteiger partial charge >= 0.3 is 0 Å². The van der Waals surface area contributed by atoms with Crippen LogP contribution < -0.4 is 9.79 Å². The van der Waals surface area contributed by atoms with Gasteiger partial charge in [-0.15, -0.1) is 15.8 Å². The van der Waals surface area contributed by atoms with E-state index < -0.39 is 22.5 Å². The first-order valence-corrected chi connectivity index (χ1v) is 11.5. The van der Waals surface area contributed by atoms with Crippen molar-refractivity contribution in [3.8, 4) is 10.6 Å². The van der Waals surface area contributed by atoms with E-state index in [-0.39, 0.29) is 25.1 Å². The Morgan fingerprint density at radius 1 is 1.20 bits per heavy atom. The van der Waals surface area contributed by atoms with Gasteiger partial charge in [-0.25, -0.2) is 27.2 Å². The van der Waals surface area contributed by atoms with Crippen LogP contribution in [0.4, 0.5) is 20.3 Å². The molecule has 30 heavy (non-hydrogen) atoms. The zero-order valence-corrected chi connectivity index (χ0v) is 18.9. The molecule has 3 rings (SSSR count). The number of hydrogen-bond acceptors (Lipinski definition) is 7. The van der Waals surface area contributed by atoms with Crippen LogP contribution in [0.3, 0.4) is 0 Å². The zero-order valence-electron chi connectivity index (χ0n) is 15.6. The number of nitrogens with zero attached hydrogens (tertiary/aromatic N) is 3. The lowest BCUT2D eigenvalue weighted by atomic mass is 10.1. The molecule has 2 aromatic heterocycles. The standard InChI is InChI=1S/C18H17BrF2N4O3S2/c1-2-28-25(30(26)27)12-7-17(29-9-12)16-8-18(24-10-23-16)22-4-3-13-14(20)5-11(19)6-15(13)21/h5-10,30H,2-4H2,1H3,(H,22,23,24). The summed E-state index contributed by atoms with van der Waals surface area (Å²) in [5, 5.41) is 4.66. The van der Waals surface area contributed by atoms with E-state index in [1.807, 2.05) is 0 Å². The minimum Gasteiger partial charge on any atom is -0.370 e. The van der Waals surface area contributed by atoms with Crippen molar-refractivity contribution in [2.24, 2.45) is 0 Å². The maximum atomic E-state index is 13.9. The highest BCUT2D eigenvalue weighted by atomic mass is 79.9. The Morgan fingerprint density at radius 2 is 1.93 bits per heavy atom. The fraction of sp³-hybridized carbons (Fsp3) is 0.222. The smallest absolute Gasteiger partial charge is 0.247 e. The summed E-state index contributed by atoms with van der Waals surface area (Å²) in [6, 6.07) is 5.75. The monoisotopic (exact) mass is 518 g/mol. The summed E-state index contributed by atoms with van der Waals surface area (Å²) < 4.78 is 51.7. The number of nitrogens with one attached hydrogen (secondary N) is 1. The number of hydrogen-bond donors (Lipinski definition) is 2. The quantitative estimate of drug-likeness (QED) is 0.326. The van der Waals surface area contributed by atoms with E-state index in [2.05, 4.69) is 31.2 Å². The van der Waals surface area contributed by atoms with Crippen LogP contribution in [0.5, 0.6) is 0 Å². The molecule has 12 heteroatoms. The van der Waals surface area contributed by atoms with Gasteiger partial charge in [-0.05, 0) is 31.5 Å². The summed E-state index contributed by atoms with van der Waals surface area (Å²) in [6.45, 7) is 2.15. The van der Waals surface area contributed by atoms with Gasteiger partial charge in [-0.2, -0.15) is 0 Å². The van der Waals surface area contributed by atoms with Gasteiger partial charge in [0, 0.05) is 28.0 Å². The number of benzene rings is 1. The van der Waals surface area contributed by atoms with Crippen molar-refractivity contribution in [1.82, 2.24) is 9.97 Å². The molecular formula is C18H17BrF2N4O3S2. The summed E-state index contributed by atoms with van der Waals surface area (Å²) in [6.07, 6.45) is 1.49. The molecule has 0 unspecified atom stereocenters. The average Bonchev–Trinajstić information content (AvgIpc) is 3.18. The van der Waals surface area contributed by atoms with E-state index in [1.54, 1.807) is 24.4 Å². The minimum absolute atomic E-state index is 0.00869. The summed E-state index contributed by atoms with van der Waals surface area (Å²) in [7, 11) is -2.94. The van der Waals surface area contributed by atoms with E-state index >= 15 is 0 Å². The number of thiol groups is 1. The highest BCUT2D eigenvalue weighted by Gasteiger charge is 2.14. The fourth-order valence-corrected chi connectivity index (χ4v) is 4.44. The van der Waals surface area contributed by atoms with E-state index in [1.165, 1.54) is 29.8 Å². The Bertz CT molecular complexity index is 1080. The van der Waals surface area contributed by atoms with Crippen molar-refractivity contribution in [3.05, 3.63) is 57.6 Å². The van der Waals surface area contributed by atoms with Gasteiger partial charge in [-0.1, -0.05) is 15.9 Å². The Balaban J connectivity index is 1.70. The SMILES string of the molecule is CCON(c1csc(-c2cc(NCCc3c(F)cc(Br)cc3F)ncn2)c1)[SH](=O)=O. The number of thiophene rings is 1. The first-order chi connectivity index (χ1) is 14.4. The van der Waals surface area contributed by atoms with Gasteiger partial charge in [0.2, 0.25) is 10.9 Å². The van der Waals surface area contributed by atoms with Crippen molar-refractivity contribution in [2.45, 2.75) is 13.3 Å². The Labute approximate surface area is 185 Å². The van der Waals surface area contributed by atoms with Gasteiger partial charge in [0.15, 0.2) is 0 Å². The van der Waals surface area contributed by atoms with Crippen LogP contribution in [0.1, 0.15) is 12.5 Å². The topological polar surface area (TPSA) is 84.4 Å². The van der Waals surface area contributed by atoms with Gasteiger partial charge in [0.1, 0.15) is 23.8 Å². The number of aromatic nitrogens is 2. The predicted molar refractivity (Wildman–Crippen MR) is 116 cm³/mol. The normalized spacial score (nSPS) is 11.1. The van der Waals surface area contributed by atoms with E-state index in [0.717, 1.165) is 4.47 Å². The van der Waals surface area contributed by atoms with Crippen molar-refractivity contribution >= 4 is 49.7 Å². The van der Waals surface area contributed by atoms with Crippen LogP contribution in [-0.2, 0) is 22.1 Å². The second-order valence-electron chi connectivity index (χ2n) is 5.91. The van der Waals surface area contributed by atoms with E-state index in [0.29, 0.717) is 26.5 Å². The molecule has 160 valence electrons. The molecule has 1 N–H and O–H groups in total. The average molecular weight is 519 g/mol. The molecule has 1 aromatic carbocycles. The Kier molecular flexibility index (Phi) is 7.69. The largest absolute Gasteiger partial charge is 0.370 e.